The summed E-state index contributed by atoms with van der Waals surface area (Å²) < 4.78 is 6.37. The lowest BCUT2D eigenvalue weighted by Gasteiger charge is -2.55. The van der Waals surface area contributed by atoms with E-state index in [-0.39, 0.29) is 35.6 Å². The molecule has 150 valence electrons. The maximum absolute atomic E-state index is 13.1. The van der Waals surface area contributed by atoms with Crippen LogP contribution in [0.5, 0.6) is 5.75 Å². The molecule has 1 aromatic heterocycles. The van der Waals surface area contributed by atoms with Crippen LogP contribution in [0.15, 0.2) is 48.8 Å². The molecule has 2 heterocycles. The van der Waals surface area contributed by atoms with Crippen molar-refractivity contribution in [2.75, 3.05) is 0 Å². The van der Waals surface area contributed by atoms with Crippen molar-refractivity contribution in [3.63, 3.8) is 0 Å². The van der Waals surface area contributed by atoms with E-state index in [1.807, 2.05) is 37.3 Å². The molecule has 29 heavy (non-hydrogen) atoms. The summed E-state index contributed by atoms with van der Waals surface area (Å²) >= 11 is 0. The zero-order chi connectivity index (χ0) is 20.0. The van der Waals surface area contributed by atoms with Crippen LogP contribution in [0, 0.1) is 17.8 Å². The Morgan fingerprint density at radius 2 is 2.03 bits per heavy atom. The molecule has 5 atom stereocenters. The van der Waals surface area contributed by atoms with E-state index in [9.17, 15) is 9.59 Å². The molecule has 4 aliphatic rings. The number of fused-ring (bicyclic) bond motifs is 3. The van der Waals surface area contributed by atoms with Crippen molar-refractivity contribution in [3.8, 4) is 5.75 Å². The molecular formula is C23H25N3O3. The van der Waals surface area contributed by atoms with Crippen LogP contribution in [0.25, 0.3) is 0 Å². The molecule has 0 radical (unpaired) electrons. The molecule has 2 aromatic rings. The first-order valence-corrected chi connectivity index (χ1v) is 10.4. The number of para-hydroxylation sites is 1. The van der Waals surface area contributed by atoms with Gasteiger partial charge >= 0.3 is 0 Å². The summed E-state index contributed by atoms with van der Waals surface area (Å²) in [5, 5.41) is 6.32. The Labute approximate surface area is 170 Å². The standard InChI is InChI=1S/C23H25N3O3/c1-14(15-8-10-24-11-9-15)25-21(27)19-12-17-7-6-16(19)13-23(17)26-22(28)18-4-2-3-5-20(18)29-23/h2-5,8-11,14,16-17,19H,6-7,12-13H2,1H3,(H,25,27)(H,26,28)/t14-,16+,17-,19-,23-/m0/s1. The van der Waals surface area contributed by atoms with Gasteiger partial charge in [-0.2, -0.15) is 0 Å². The molecule has 1 aromatic carbocycles. The zero-order valence-corrected chi connectivity index (χ0v) is 16.4. The second-order valence-electron chi connectivity index (χ2n) is 8.53. The molecule has 3 saturated carbocycles. The fraction of sp³-hybridized carbons (Fsp3) is 0.435. The van der Waals surface area contributed by atoms with Crippen molar-refractivity contribution in [2.24, 2.45) is 17.8 Å². The Balaban J connectivity index is 1.32. The van der Waals surface area contributed by atoms with Crippen LogP contribution in [-0.4, -0.2) is 22.5 Å². The van der Waals surface area contributed by atoms with Gasteiger partial charge in [0.15, 0.2) is 5.72 Å². The van der Waals surface area contributed by atoms with Crippen LogP contribution in [0.1, 0.15) is 54.6 Å². The van der Waals surface area contributed by atoms with E-state index in [0.717, 1.165) is 24.8 Å². The molecule has 6 heteroatoms. The number of rotatable bonds is 3. The topological polar surface area (TPSA) is 80.3 Å². The lowest BCUT2D eigenvalue weighted by molar-refractivity contribution is -0.147. The predicted molar refractivity (Wildman–Crippen MR) is 107 cm³/mol. The van der Waals surface area contributed by atoms with Gasteiger partial charge in [0.1, 0.15) is 5.75 Å². The Morgan fingerprint density at radius 1 is 1.24 bits per heavy atom. The minimum Gasteiger partial charge on any atom is -0.467 e. The van der Waals surface area contributed by atoms with Gasteiger partial charge in [0.25, 0.3) is 5.91 Å². The van der Waals surface area contributed by atoms with Crippen molar-refractivity contribution in [1.82, 2.24) is 15.6 Å². The van der Waals surface area contributed by atoms with E-state index in [2.05, 4.69) is 15.6 Å². The van der Waals surface area contributed by atoms with Crippen molar-refractivity contribution >= 4 is 11.8 Å². The maximum Gasteiger partial charge on any atom is 0.258 e. The molecule has 0 saturated heterocycles. The molecule has 1 aliphatic heterocycles. The average molecular weight is 391 g/mol. The molecule has 6 rings (SSSR count). The van der Waals surface area contributed by atoms with E-state index < -0.39 is 5.72 Å². The molecule has 6 nitrogen and oxygen atoms in total. The number of pyridine rings is 1. The molecule has 0 unspecified atom stereocenters. The third-order valence-electron chi connectivity index (χ3n) is 6.87. The molecule has 3 aliphatic carbocycles. The van der Waals surface area contributed by atoms with E-state index >= 15 is 0 Å². The Kier molecular flexibility index (Phi) is 4.30. The summed E-state index contributed by atoms with van der Waals surface area (Å²) in [7, 11) is 0. The summed E-state index contributed by atoms with van der Waals surface area (Å²) in [4.78, 5) is 29.8. The summed E-state index contributed by atoms with van der Waals surface area (Å²) in [6.45, 7) is 2.00. The monoisotopic (exact) mass is 391 g/mol. The number of hydrogen-bond acceptors (Lipinski definition) is 4. The number of carbonyl (C=O) groups excluding carboxylic acids is 2. The Morgan fingerprint density at radius 3 is 2.79 bits per heavy atom. The highest BCUT2D eigenvalue weighted by Gasteiger charge is 2.57. The van der Waals surface area contributed by atoms with E-state index in [1.54, 1.807) is 18.5 Å². The van der Waals surface area contributed by atoms with Crippen molar-refractivity contribution < 1.29 is 14.3 Å². The number of carbonyl (C=O) groups is 2. The van der Waals surface area contributed by atoms with Crippen LogP contribution >= 0.6 is 0 Å². The lowest BCUT2D eigenvalue weighted by Crippen LogP contribution is -2.66. The first-order chi connectivity index (χ1) is 14.1. The largest absolute Gasteiger partial charge is 0.467 e. The highest BCUT2D eigenvalue weighted by molar-refractivity contribution is 5.98. The quantitative estimate of drug-likeness (QED) is 0.842. The van der Waals surface area contributed by atoms with Crippen LogP contribution < -0.4 is 15.4 Å². The maximum atomic E-state index is 13.1. The Bertz CT molecular complexity index is 947. The number of ether oxygens (including phenoxy) is 1. The minimum atomic E-state index is -0.679. The van der Waals surface area contributed by atoms with Gasteiger partial charge in [0.2, 0.25) is 5.91 Å². The fourth-order valence-electron chi connectivity index (χ4n) is 5.34. The third-order valence-corrected chi connectivity index (χ3v) is 6.87. The van der Waals surface area contributed by atoms with Gasteiger partial charge in [-0.25, -0.2) is 0 Å². The smallest absolute Gasteiger partial charge is 0.258 e. The summed E-state index contributed by atoms with van der Waals surface area (Å²) in [6.07, 6.45) is 6.86. The number of benzene rings is 1. The second kappa shape index (κ2) is 6.87. The molecule has 2 amide bonds. The molecular weight excluding hydrogens is 366 g/mol. The predicted octanol–water partition coefficient (Wildman–Crippen LogP) is 3.21. The van der Waals surface area contributed by atoms with Gasteiger partial charge < -0.3 is 15.4 Å². The van der Waals surface area contributed by atoms with Gasteiger partial charge in [-0.05, 0) is 61.9 Å². The Hall–Kier alpha value is -2.89. The first kappa shape index (κ1) is 18.2. The van der Waals surface area contributed by atoms with Gasteiger partial charge in [-0.3, -0.25) is 14.6 Å². The average Bonchev–Trinajstić information content (AvgIpc) is 2.74. The molecule has 3 fully saturated rings. The van der Waals surface area contributed by atoms with Crippen LogP contribution in [-0.2, 0) is 4.79 Å². The van der Waals surface area contributed by atoms with Gasteiger partial charge in [0, 0.05) is 30.7 Å². The molecule has 2 N–H and O–H groups in total. The van der Waals surface area contributed by atoms with E-state index in [0.29, 0.717) is 17.7 Å². The zero-order valence-electron chi connectivity index (χ0n) is 16.4. The SMILES string of the molecule is C[C@H](NC(=O)[C@H]1C[C@@H]2CC[C@@H]1C[C@@]21NC(=O)c2ccccc2O1)c1ccncc1. The summed E-state index contributed by atoms with van der Waals surface area (Å²) in [6, 6.07) is 11.2. The lowest BCUT2D eigenvalue weighted by atomic mass is 9.60. The number of aromatic nitrogens is 1. The van der Waals surface area contributed by atoms with Crippen LogP contribution in [0.2, 0.25) is 0 Å². The first-order valence-electron chi connectivity index (χ1n) is 10.4. The second-order valence-corrected chi connectivity index (χ2v) is 8.53. The highest BCUT2D eigenvalue weighted by Crippen LogP contribution is 2.52. The van der Waals surface area contributed by atoms with Crippen LogP contribution in [0.3, 0.4) is 0 Å². The summed E-state index contributed by atoms with van der Waals surface area (Å²) in [5.74, 6) is 0.970. The normalized spacial score (nSPS) is 30.8. The third kappa shape index (κ3) is 3.07. The van der Waals surface area contributed by atoms with E-state index in [1.165, 1.54) is 0 Å². The minimum absolute atomic E-state index is 0.0404. The fourth-order valence-corrected chi connectivity index (χ4v) is 5.34. The van der Waals surface area contributed by atoms with Gasteiger partial charge in [-0.15, -0.1) is 0 Å². The van der Waals surface area contributed by atoms with Crippen LogP contribution in [0.4, 0.5) is 0 Å². The number of nitrogens with zero attached hydrogens (tertiary/aromatic N) is 1. The molecule has 1 spiro atoms. The highest BCUT2D eigenvalue weighted by atomic mass is 16.5. The number of hydrogen-bond donors (Lipinski definition) is 2. The van der Waals surface area contributed by atoms with Crippen molar-refractivity contribution in [3.05, 3.63) is 59.9 Å². The summed E-state index contributed by atoms with van der Waals surface area (Å²) in [5.41, 5.74) is 0.951. The number of nitrogens with one attached hydrogen (secondary N) is 2. The van der Waals surface area contributed by atoms with Crippen molar-refractivity contribution in [2.45, 2.75) is 44.4 Å². The van der Waals surface area contributed by atoms with Gasteiger partial charge in [-0.1, -0.05) is 12.1 Å². The number of amides is 2. The van der Waals surface area contributed by atoms with Crippen molar-refractivity contribution in [1.29, 1.82) is 0 Å². The van der Waals surface area contributed by atoms with E-state index in [4.69, 9.17) is 4.74 Å². The van der Waals surface area contributed by atoms with Gasteiger partial charge in [0.05, 0.1) is 11.6 Å². The molecule has 2 bridgehead atoms.